The van der Waals surface area contributed by atoms with Gasteiger partial charge in [-0.15, -0.1) is 0 Å². The molecule has 0 bridgehead atoms. The average Bonchev–Trinajstić information content (AvgIpc) is 2.95. The molecule has 0 saturated heterocycles. The largest absolute Gasteiger partial charge is 0.409 e. The summed E-state index contributed by atoms with van der Waals surface area (Å²) in [4.78, 5) is 26.5. The van der Waals surface area contributed by atoms with E-state index in [1.165, 1.54) is 0 Å². The molecule has 1 N–H and O–H groups in total. The van der Waals surface area contributed by atoms with Crippen LogP contribution in [0.1, 0.15) is 69.6 Å². The molecule has 29 heavy (non-hydrogen) atoms. The van der Waals surface area contributed by atoms with E-state index in [2.05, 4.69) is 5.32 Å². The Bertz CT molecular complexity index is 844. The molecular formula is C24H33NO4. The summed E-state index contributed by atoms with van der Waals surface area (Å²) < 4.78 is 11.3. The molecular weight excluding hydrogens is 366 g/mol. The second-order valence-corrected chi connectivity index (χ2v) is 9.12. The monoisotopic (exact) mass is 399 g/mol. The zero-order chi connectivity index (χ0) is 21.4. The fraction of sp³-hybridized carbons (Fsp3) is 0.583. The SMILES string of the molecule is CCC(C)(C)C(=O)OC1=C(c2cc(C)ccc2C)C(=O)C2(CCC(OC)CC2)N1. The number of rotatable bonds is 5. The highest BCUT2D eigenvalue weighted by molar-refractivity contribution is 6.28. The van der Waals surface area contributed by atoms with Gasteiger partial charge in [-0.1, -0.05) is 30.7 Å². The Balaban J connectivity index is 2.03. The van der Waals surface area contributed by atoms with Crippen LogP contribution in [0.5, 0.6) is 0 Å². The van der Waals surface area contributed by atoms with E-state index in [1.807, 2.05) is 52.8 Å². The van der Waals surface area contributed by atoms with Crippen LogP contribution in [0.3, 0.4) is 0 Å². The molecule has 3 rings (SSSR count). The Hall–Kier alpha value is -2.14. The molecule has 5 heteroatoms. The van der Waals surface area contributed by atoms with Crippen molar-refractivity contribution in [2.24, 2.45) is 5.41 Å². The number of carbonyl (C=O) groups excluding carboxylic acids is 2. The molecule has 0 radical (unpaired) electrons. The molecule has 0 aromatic heterocycles. The van der Waals surface area contributed by atoms with E-state index < -0.39 is 11.0 Å². The molecule has 1 aromatic carbocycles. The van der Waals surface area contributed by atoms with Crippen molar-refractivity contribution in [2.45, 2.75) is 78.4 Å². The summed E-state index contributed by atoms with van der Waals surface area (Å²) >= 11 is 0. The summed E-state index contributed by atoms with van der Waals surface area (Å²) in [5.41, 5.74) is 2.06. The lowest BCUT2D eigenvalue weighted by Crippen LogP contribution is -2.50. The fourth-order valence-corrected chi connectivity index (χ4v) is 4.05. The van der Waals surface area contributed by atoms with Crippen molar-refractivity contribution in [3.05, 3.63) is 40.8 Å². The van der Waals surface area contributed by atoms with E-state index in [-0.39, 0.29) is 17.9 Å². The standard InChI is InChI=1S/C24H33NO4/c1-7-23(4,5)22(27)29-21-19(18-14-15(2)8-9-16(18)3)20(26)24(25-21)12-10-17(28-6)11-13-24/h8-9,14,17,25H,7,10-13H2,1-6H3. The zero-order valence-electron chi connectivity index (χ0n) is 18.5. The van der Waals surface area contributed by atoms with Crippen molar-refractivity contribution in [3.63, 3.8) is 0 Å². The minimum atomic E-state index is -0.716. The Labute approximate surface area is 173 Å². The molecule has 0 unspecified atom stereocenters. The van der Waals surface area contributed by atoms with Gasteiger partial charge in [0.2, 0.25) is 5.88 Å². The van der Waals surface area contributed by atoms with Gasteiger partial charge in [0.15, 0.2) is 5.78 Å². The van der Waals surface area contributed by atoms with Crippen molar-refractivity contribution >= 4 is 17.3 Å². The maximum atomic E-state index is 13.7. The maximum Gasteiger partial charge on any atom is 0.318 e. The molecule has 0 atom stereocenters. The van der Waals surface area contributed by atoms with Crippen LogP contribution < -0.4 is 5.32 Å². The number of methoxy groups -OCH3 is 1. The lowest BCUT2D eigenvalue weighted by molar-refractivity contribution is -0.150. The van der Waals surface area contributed by atoms with E-state index in [0.717, 1.165) is 29.5 Å². The van der Waals surface area contributed by atoms with Gasteiger partial charge < -0.3 is 14.8 Å². The third kappa shape index (κ3) is 3.97. The summed E-state index contributed by atoms with van der Waals surface area (Å²) in [5.74, 6) is 0.0182. The minimum absolute atomic E-state index is 0.0258. The van der Waals surface area contributed by atoms with Gasteiger partial charge in [-0.3, -0.25) is 9.59 Å². The highest BCUT2D eigenvalue weighted by Gasteiger charge is 2.51. The van der Waals surface area contributed by atoms with Crippen molar-refractivity contribution in [1.82, 2.24) is 5.32 Å². The van der Waals surface area contributed by atoms with Crippen LogP contribution in [-0.4, -0.2) is 30.5 Å². The van der Waals surface area contributed by atoms with Gasteiger partial charge in [0.25, 0.3) is 0 Å². The first kappa shape index (κ1) is 21.6. The van der Waals surface area contributed by atoms with Crippen LogP contribution in [0.2, 0.25) is 0 Å². The molecule has 1 spiro atoms. The van der Waals surface area contributed by atoms with Gasteiger partial charge >= 0.3 is 5.97 Å². The van der Waals surface area contributed by atoms with Crippen LogP contribution >= 0.6 is 0 Å². The highest BCUT2D eigenvalue weighted by atomic mass is 16.6. The fourth-order valence-electron chi connectivity index (χ4n) is 4.05. The summed E-state index contributed by atoms with van der Waals surface area (Å²) in [6.07, 6.45) is 3.76. The topological polar surface area (TPSA) is 64.6 Å². The number of hydrogen-bond donors (Lipinski definition) is 1. The lowest BCUT2D eigenvalue weighted by atomic mass is 9.76. The van der Waals surface area contributed by atoms with Gasteiger partial charge in [-0.2, -0.15) is 0 Å². The third-order valence-electron chi connectivity index (χ3n) is 6.65. The zero-order valence-corrected chi connectivity index (χ0v) is 18.5. The van der Waals surface area contributed by atoms with E-state index in [0.29, 0.717) is 30.7 Å². The molecule has 0 amide bonds. The summed E-state index contributed by atoms with van der Waals surface area (Å²) in [7, 11) is 1.71. The molecule has 158 valence electrons. The second kappa shape index (κ2) is 7.94. The molecule has 1 aliphatic heterocycles. The Kier molecular flexibility index (Phi) is 5.91. The number of Topliss-reactive ketones (excluding diaryl/α,β-unsaturated/α-hetero) is 1. The predicted octanol–water partition coefficient (Wildman–Crippen LogP) is 4.45. The van der Waals surface area contributed by atoms with Gasteiger partial charge in [0.05, 0.1) is 17.1 Å². The number of aryl methyl sites for hydroxylation is 2. The molecule has 1 aliphatic carbocycles. The number of nitrogens with one attached hydrogen (secondary N) is 1. The van der Waals surface area contributed by atoms with Crippen LogP contribution in [-0.2, 0) is 19.1 Å². The highest BCUT2D eigenvalue weighted by Crippen LogP contribution is 2.42. The molecule has 1 heterocycles. The molecule has 2 aliphatic rings. The number of ketones is 1. The van der Waals surface area contributed by atoms with Crippen LogP contribution in [0.4, 0.5) is 0 Å². The first-order chi connectivity index (χ1) is 13.6. The molecule has 1 aromatic rings. The van der Waals surface area contributed by atoms with Crippen molar-refractivity contribution in [3.8, 4) is 0 Å². The number of benzene rings is 1. The first-order valence-electron chi connectivity index (χ1n) is 10.5. The summed E-state index contributed by atoms with van der Waals surface area (Å²) in [5, 5.41) is 3.35. The third-order valence-corrected chi connectivity index (χ3v) is 6.65. The van der Waals surface area contributed by atoms with Crippen molar-refractivity contribution < 1.29 is 19.1 Å². The average molecular weight is 400 g/mol. The normalized spacial score (nSPS) is 24.8. The Morgan fingerprint density at radius 3 is 2.48 bits per heavy atom. The molecule has 1 fully saturated rings. The van der Waals surface area contributed by atoms with Crippen LogP contribution in [0.25, 0.3) is 5.57 Å². The summed E-state index contributed by atoms with van der Waals surface area (Å²) in [6.45, 7) is 9.68. The van der Waals surface area contributed by atoms with E-state index in [9.17, 15) is 9.59 Å². The minimum Gasteiger partial charge on any atom is -0.409 e. The predicted molar refractivity (Wildman–Crippen MR) is 113 cm³/mol. The Morgan fingerprint density at radius 2 is 1.90 bits per heavy atom. The van der Waals surface area contributed by atoms with Gasteiger partial charge in [0.1, 0.15) is 5.54 Å². The van der Waals surface area contributed by atoms with Crippen LogP contribution in [0, 0.1) is 19.3 Å². The van der Waals surface area contributed by atoms with Gasteiger partial charge in [-0.25, -0.2) is 0 Å². The maximum absolute atomic E-state index is 13.7. The number of carbonyl (C=O) groups is 2. The smallest absolute Gasteiger partial charge is 0.318 e. The van der Waals surface area contributed by atoms with E-state index in [1.54, 1.807) is 7.11 Å². The van der Waals surface area contributed by atoms with Crippen LogP contribution in [0.15, 0.2) is 24.1 Å². The second-order valence-electron chi connectivity index (χ2n) is 9.12. The van der Waals surface area contributed by atoms with Crippen molar-refractivity contribution in [2.75, 3.05) is 7.11 Å². The summed E-state index contributed by atoms with van der Waals surface area (Å²) in [6, 6.07) is 6.04. The van der Waals surface area contributed by atoms with Gasteiger partial charge in [0, 0.05) is 7.11 Å². The number of ether oxygens (including phenoxy) is 2. The van der Waals surface area contributed by atoms with Gasteiger partial charge in [-0.05, 0) is 70.9 Å². The molecule has 5 nitrogen and oxygen atoms in total. The Morgan fingerprint density at radius 1 is 1.24 bits per heavy atom. The van der Waals surface area contributed by atoms with E-state index >= 15 is 0 Å². The van der Waals surface area contributed by atoms with Crippen molar-refractivity contribution in [1.29, 1.82) is 0 Å². The first-order valence-corrected chi connectivity index (χ1v) is 10.5. The number of hydrogen-bond acceptors (Lipinski definition) is 5. The lowest BCUT2D eigenvalue weighted by Gasteiger charge is -2.36. The quantitative estimate of drug-likeness (QED) is 0.741. The molecule has 1 saturated carbocycles. The van der Waals surface area contributed by atoms with E-state index in [4.69, 9.17) is 9.47 Å². The number of esters is 1.